The van der Waals surface area contributed by atoms with Crippen molar-refractivity contribution in [3.63, 3.8) is 0 Å². The van der Waals surface area contributed by atoms with Crippen molar-refractivity contribution in [2.45, 2.75) is 32.7 Å². The number of anilines is 1. The molecule has 0 radical (unpaired) electrons. The van der Waals surface area contributed by atoms with Gasteiger partial charge in [0.2, 0.25) is 5.91 Å². The van der Waals surface area contributed by atoms with Gasteiger partial charge < -0.3 is 10.6 Å². The molecule has 1 aromatic heterocycles. The van der Waals surface area contributed by atoms with Crippen molar-refractivity contribution >= 4 is 11.6 Å². The van der Waals surface area contributed by atoms with E-state index in [1.54, 1.807) is 6.20 Å². The molecule has 0 saturated carbocycles. The van der Waals surface area contributed by atoms with Gasteiger partial charge in [-0.1, -0.05) is 32.0 Å². The Hall–Kier alpha value is -2.20. The number of carbonyl (C=O) groups excluding carboxylic acids is 1. The van der Waals surface area contributed by atoms with Crippen molar-refractivity contribution in [2.24, 2.45) is 0 Å². The second-order valence-corrected chi connectivity index (χ2v) is 5.61. The fraction of sp³-hybridized carbons (Fsp3) is 0.333. The van der Waals surface area contributed by atoms with E-state index in [1.807, 2.05) is 30.5 Å². The van der Waals surface area contributed by atoms with Gasteiger partial charge in [0.25, 0.3) is 0 Å². The normalized spacial score (nSPS) is 10.7. The first-order chi connectivity index (χ1) is 10.6. The summed E-state index contributed by atoms with van der Waals surface area (Å²) in [6, 6.07) is 11.9. The van der Waals surface area contributed by atoms with Crippen molar-refractivity contribution in [2.75, 3.05) is 11.9 Å². The Balaban J connectivity index is 1.69. The third-order valence-corrected chi connectivity index (χ3v) is 3.44. The zero-order valence-corrected chi connectivity index (χ0v) is 13.2. The van der Waals surface area contributed by atoms with Gasteiger partial charge in [-0.25, -0.2) is 0 Å². The Labute approximate surface area is 132 Å². The van der Waals surface area contributed by atoms with Crippen LogP contribution in [0.4, 0.5) is 5.69 Å². The van der Waals surface area contributed by atoms with E-state index >= 15 is 0 Å². The summed E-state index contributed by atoms with van der Waals surface area (Å²) >= 11 is 0. The van der Waals surface area contributed by atoms with Crippen LogP contribution in [0, 0.1) is 0 Å². The first-order valence-corrected chi connectivity index (χ1v) is 7.64. The summed E-state index contributed by atoms with van der Waals surface area (Å²) in [6.07, 6.45) is 4.02. The van der Waals surface area contributed by atoms with Gasteiger partial charge in [-0.05, 0) is 35.2 Å². The lowest BCUT2D eigenvalue weighted by Gasteiger charge is -2.09. The summed E-state index contributed by atoms with van der Waals surface area (Å²) in [7, 11) is 0. The van der Waals surface area contributed by atoms with E-state index in [4.69, 9.17) is 0 Å². The van der Waals surface area contributed by atoms with E-state index < -0.39 is 0 Å². The summed E-state index contributed by atoms with van der Waals surface area (Å²) in [4.78, 5) is 15.9. The maximum Gasteiger partial charge on any atom is 0.225 e. The molecule has 0 bridgehead atoms. The fourth-order valence-electron chi connectivity index (χ4n) is 2.11. The molecule has 0 atom stereocenters. The summed E-state index contributed by atoms with van der Waals surface area (Å²) in [5.41, 5.74) is 3.24. The number of aromatic nitrogens is 1. The van der Waals surface area contributed by atoms with E-state index in [0.29, 0.717) is 18.9 Å². The van der Waals surface area contributed by atoms with Gasteiger partial charge in [0, 0.05) is 37.6 Å². The first-order valence-electron chi connectivity index (χ1n) is 7.64. The molecule has 0 aliphatic rings. The molecule has 0 unspecified atom stereocenters. The largest absolute Gasteiger partial charge is 0.326 e. The van der Waals surface area contributed by atoms with Crippen LogP contribution < -0.4 is 10.6 Å². The molecule has 2 aromatic rings. The second-order valence-electron chi connectivity index (χ2n) is 5.61. The summed E-state index contributed by atoms with van der Waals surface area (Å²) in [5, 5.41) is 6.16. The highest BCUT2D eigenvalue weighted by atomic mass is 16.1. The van der Waals surface area contributed by atoms with Crippen LogP contribution in [-0.2, 0) is 11.3 Å². The number of benzene rings is 1. The van der Waals surface area contributed by atoms with Gasteiger partial charge in [0.05, 0.1) is 0 Å². The standard InChI is InChI=1S/C18H23N3O/c1-14(2)16-5-7-17(8-6-16)21-18(22)9-11-20-13-15-4-3-10-19-12-15/h3-8,10,12,14,20H,9,11,13H2,1-2H3,(H,21,22). The number of hydrogen-bond acceptors (Lipinski definition) is 3. The van der Waals surface area contributed by atoms with Gasteiger partial charge in [-0.2, -0.15) is 0 Å². The summed E-state index contributed by atoms with van der Waals surface area (Å²) < 4.78 is 0. The Bertz CT molecular complexity index is 579. The predicted octanol–water partition coefficient (Wildman–Crippen LogP) is 3.32. The second kappa shape index (κ2) is 8.29. The Morgan fingerprint density at radius 1 is 1.18 bits per heavy atom. The van der Waals surface area contributed by atoms with Crippen molar-refractivity contribution in [3.8, 4) is 0 Å². The van der Waals surface area contributed by atoms with Crippen molar-refractivity contribution in [1.29, 1.82) is 0 Å². The van der Waals surface area contributed by atoms with Gasteiger partial charge in [-0.15, -0.1) is 0 Å². The number of amides is 1. The van der Waals surface area contributed by atoms with Crippen LogP contribution in [0.1, 0.15) is 37.3 Å². The van der Waals surface area contributed by atoms with Crippen LogP contribution in [0.5, 0.6) is 0 Å². The Kier molecular flexibility index (Phi) is 6.10. The lowest BCUT2D eigenvalue weighted by molar-refractivity contribution is -0.116. The summed E-state index contributed by atoms with van der Waals surface area (Å²) in [6.45, 7) is 5.68. The van der Waals surface area contributed by atoms with E-state index in [1.165, 1.54) is 5.56 Å². The predicted molar refractivity (Wildman–Crippen MR) is 89.7 cm³/mol. The molecule has 4 heteroatoms. The van der Waals surface area contributed by atoms with Crippen LogP contribution in [0.25, 0.3) is 0 Å². The molecule has 2 rings (SSSR count). The molecule has 1 aromatic carbocycles. The summed E-state index contributed by atoms with van der Waals surface area (Å²) in [5.74, 6) is 0.525. The van der Waals surface area contributed by atoms with Gasteiger partial charge in [0.1, 0.15) is 0 Å². The molecular weight excluding hydrogens is 274 g/mol. The third-order valence-electron chi connectivity index (χ3n) is 3.44. The molecule has 22 heavy (non-hydrogen) atoms. The highest BCUT2D eigenvalue weighted by molar-refractivity contribution is 5.90. The number of hydrogen-bond donors (Lipinski definition) is 2. The van der Waals surface area contributed by atoms with Crippen molar-refractivity contribution in [1.82, 2.24) is 10.3 Å². The minimum absolute atomic E-state index is 0.0241. The average Bonchev–Trinajstić information content (AvgIpc) is 2.53. The third kappa shape index (κ3) is 5.30. The highest BCUT2D eigenvalue weighted by Crippen LogP contribution is 2.17. The van der Waals surface area contributed by atoms with E-state index in [2.05, 4.69) is 41.6 Å². The molecule has 0 aliphatic heterocycles. The van der Waals surface area contributed by atoms with E-state index in [-0.39, 0.29) is 5.91 Å². The van der Waals surface area contributed by atoms with E-state index in [9.17, 15) is 4.79 Å². The molecule has 2 N–H and O–H groups in total. The Morgan fingerprint density at radius 3 is 2.59 bits per heavy atom. The number of nitrogens with zero attached hydrogens (tertiary/aromatic N) is 1. The van der Waals surface area contributed by atoms with Gasteiger partial charge in [-0.3, -0.25) is 9.78 Å². The molecule has 0 saturated heterocycles. The number of nitrogens with one attached hydrogen (secondary N) is 2. The molecule has 116 valence electrons. The molecule has 0 spiro atoms. The lowest BCUT2D eigenvalue weighted by Crippen LogP contribution is -2.21. The molecule has 4 nitrogen and oxygen atoms in total. The minimum Gasteiger partial charge on any atom is -0.326 e. The smallest absolute Gasteiger partial charge is 0.225 e. The zero-order chi connectivity index (χ0) is 15.8. The molecule has 1 heterocycles. The highest BCUT2D eigenvalue weighted by Gasteiger charge is 2.03. The topological polar surface area (TPSA) is 54.0 Å². The lowest BCUT2D eigenvalue weighted by atomic mass is 10.0. The maximum atomic E-state index is 11.9. The molecule has 0 fully saturated rings. The van der Waals surface area contributed by atoms with Crippen molar-refractivity contribution < 1.29 is 4.79 Å². The average molecular weight is 297 g/mol. The molecule has 0 aliphatic carbocycles. The van der Waals surface area contributed by atoms with Crippen LogP contribution in [0.3, 0.4) is 0 Å². The minimum atomic E-state index is 0.0241. The maximum absolute atomic E-state index is 11.9. The van der Waals surface area contributed by atoms with Crippen LogP contribution >= 0.6 is 0 Å². The van der Waals surface area contributed by atoms with Crippen LogP contribution in [0.2, 0.25) is 0 Å². The van der Waals surface area contributed by atoms with Crippen LogP contribution in [0.15, 0.2) is 48.8 Å². The number of rotatable bonds is 7. The number of pyridine rings is 1. The van der Waals surface area contributed by atoms with Gasteiger partial charge in [0.15, 0.2) is 0 Å². The quantitative estimate of drug-likeness (QED) is 0.771. The Morgan fingerprint density at radius 2 is 1.95 bits per heavy atom. The van der Waals surface area contributed by atoms with E-state index in [0.717, 1.165) is 17.8 Å². The molecule has 1 amide bonds. The zero-order valence-electron chi connectivity index (χ0n) is 13.2. The van der Waals surface area contributed by atoms with Crippen LogP contribution in [-0.4, -0.2) is 17.4 Å². The fourth-order valence-corrected chi connectivity index (χ4v) is 2.11. The number of carbonyl (C=O) groups is 1. The first kappa shape index (κ1) is 16.2. The molecular formula is C18H23N3O. The SMILES string of the molecule is CC(C)c1ccc(NC(=O)CCNCc2cccnc2)cc1. The van der Waals surface area contributed by atoms with Crippen molar-refractivity contribution in [3.05, 3.63) is 59.9 Å². The monoisotopic (exact) mass is 297 g/mol. The van der Waals surface area contributed by atoms with Gasteiger partial charge >= 0.3 is 0 Å².